The van der Waals surface area contributed by atoms with Gasteiger partial charge in [0.25, 0.3) is 0 Å². The number of fused-ring (bicyclic) bond motifs is 1. The molecule has 0 atom stereocenters. The minimum atomic E-state index is -1.55. The summed E-state index contributed by atoms with van der Waals surface area (Å²) in [6, 6.07) is 17.3. The molecule has 0 aliphatic heterocycles. The highest BCUT2D eigenvalue weighted by Crippen LogP contribution is 2.26. The zero-order valence-electron chi connectivity index (χ0n) is 16.2. The Morgan fingerprint density at radius 2 is 1.90 bits per heavy atom. The van der Waals surface area contributed by atoms with E-state index in [-0.39, 0.29) is 0 Å². The topological polar surface area (TPSA) is 92.4 Å². The second-order valence-corrected chi connectivity index (χ2v) is 6.70. The zero-order valence-corrected chi connectivity index (χ0v) is 16.2. The van der Waals surface area contributed by atoms with Gasteiger partial charge in [-0.1, -0.05) is 42.5 Å². The predicted octanol–water partition coefficient (Wildman–Crippen LogP) is 2.03. The maximum absolute atomic E-state index is 9.67. The molecule has 146 valence electrons. The SMILES string of the molecule is COc1cnc(-n2c(C)cc3c(B(O)O)cccc32)nc1NCc1ccccc1. The summed E-state index contributed by atoms with van der Waals surface area (Å²) in [6.07, 6.45) is 1.63. The lowest BCUT2D eigenvalue weighted by Gasteiger charge is -2.13. The maximum Gasteiger partial charge on any atom is 0.489 e. The molecule has 0 aliphatic rings. The first kappa shape index (κ1) is 19.0. The van der Waals surface area contributed by atoms with Crippen LogP contribution in [0.5, 0.6) is 5.75 Å². The van der Waals surface area contributed by atoms with E-state index < -0.39 is 7.12 Å². The Morgan fingerprint density at radius 3 is 2.62 bits per heavy atom. The first-order valence-corrected chi connectivity index (χ1v) is 9.25. The number of ether oxygens (including phenoxy) is 1. The molecular formula is C21H21BN4O3. The highest BCUT2D eigenvalue weighted by atomic mass is 16.5. The van der Waals surface area contributed by atoms with Gasteiger partial charge in [-0.05, 0) is 30.1 Å². The molecule has 0 unspecified atom stereocenters. The van der Waals surface area contributed by atoms with Crippen LogP contribution in [0.4, 0.5) is 5.82 Å². The maximum atomic E-state index is 9.67. The van der Waals surface area contributed by atoms with Crippen molar-refractivity contribution in [2.75, 3.05) is 12.4 Å². The van der Waals surface area contributed by atoms with Gasteiger partial charge in [-0.3, -0.25) is 4.57 Å². The van der Waals surface area contributed by atoms with Crippen LogP contribution in [0.2, 0.25) is 0 Å². The van der Waals surface area contributed by atoms with Crippen molar-refractivity contribution >= 4 is 29.3 Å². The number of nitrogens with one attached hydrogen (secondary N) is 1. The quantitative estimate of drug-likeness (QED) is 0.438. The van der Waals surface area contributed by atoms with Gasteiger partial charge in [-0.2, -0.15) is 4.98 Å². The van der Waals surface area contributed by atoms with Crippen LogP contribution in [-0.2, 0) is 6.54 Å². The van der Waals surface area contributed by atoms with Crippen LogP contribution in [-0.4, -0.2) is 38.8 Å². The molecule has 2 aromatic carbocycles. The van der Waals surface area contributed by atoms with Crippen molar-refractivity contribution in [3.05, 3.63) is 72.1 Å². The molecular weight excluding hydrogens is 367 g/mol. The first-order valence-electron chi connectivity index (χ1n) is 9.25. The van der Waals surface area contributed by atoms with Crippen molar-refractivity contribution in [3.8, 4) is 11.7 Å². The molecule has 0 spiro atoms. The van der Waals surface area contributed by atoms with Crippen LogP contribution < -0.4 is 15.5 Å². The lowest BCUT2D eigenvalue weighted by molar-refractivity contribution is 0.412. The molecule has 29 heavy (non-hydrogen) atoms. The standard InChI is InChI=1S/C21H21BN4O3/c1-14-11-16-17(22(27)28)9-6-10-18(16)26(14)21-24-13-19(29-2)20(25-21)23-12-15-7-4-3-5-8-15/h3-11,13,27-28H,12H2,1-2H3,(H,23,24,25). The number of benzene rings is 2. The molecule has 7 nitrogen and oxygen atoms in total. The predicted molar refractivity (Wildman–Crippen MR) is 114 cm³/mol. The lowest BCUT2D eigenvalue weighted by atomic mass is 9.78. The molecule has 4 aromatic rings. The number of rotatable bonds is 6. The fraction of sp³-hybridized carbons (Fsp3) is 0.143. The van der Waals surface area contributed by atoms with Crippen molar-refractivity contribution in [2.45, 2.75) is 13.5 Å². The van der Waals surface area contributed by atoms with Gasteiger partial charge in [0.05, 0.1) is 18.8 Å². The molecule has 0 radical (unpaired) electrons. The van der Waals surface area contributed by atoms with Crippen LogP contribution in [0.1, 0.15) is 11.3 Å². The van der Waals surface area contributed by atoms with Crippen molar-refractivity contribution in [1.82, 2.24) is 14.5 Å². The number of anilines is 1. The number of nitrogens with zero attached hydrogens (tertiary/aromatic N) is 3. The summed E-state index contributed by atoms with van der Waals surface area (Å²) in [5.41, 5.74) is 3.25. The molecule has 0 aliphatic carbocycles. The van der Waals surface area contributed by atoms with Gasteiger partial charge in [0.1, 0.15) is 0 Å². The van der Waals surface area contributed by atoms with Gasteiger partial charge >= 0.3 is 7.12 Å². The average molecular weight is 388 g/mol. The minimum Gasteiger partial charge on any atom is -0.491 e. The summed E-state index contributed by atoms with van der Waals surface area (Å²) >= 11 is 0. The third-order valence-corrected chi connectivity index (χ3v) is 4.81. The Hall–Kier alpha value is -3.36. The second kappa shape index (κ2) is 7.94. The Morgan fingerprint density at radius 1 is 1.10 bits per heavy atom. The van der Waals surface area contributed by atoms with Crippen LogP contribution in [0.3, 0.4) is 0 Å². The normalized spacial score (nSPS) is 10.9. The number of aromatic nitrogens is 3. The average Bonchev–Trinajstić information content (AvgIpc) is 3.08. The highest BCUT2D eigenvalue weighted by Gasteiger charge is 2.19. The van der Waals surface area contributed by atoms with Crippen molar-refractivity contribution in [1.29, 1.82) is 0 Å². The summed E-state index contributed by atoms with van der Waals surface area (Å²) in [5, 5.41) is 23.4. The van der Waals surface area contributed by atoms with E-state index in [2.05, 4.69) is 15.3 Å². The third kappa shape index (κ3) is 3.67. The lowest BCUT2D eigenvalue weighted by Crippen LogP contribution is -2.30. The number of aryl methyl sites for hydroxylation is 1. The van der Waals surface area contributed by atoms with Crippen LogP contribution >= 0.6 is 0 Å². The van der Waals surface area contributed by atoms with E-state index in [1.807, 2.05) is 54.0 Å². The van der Waals surface area contributed by atoms with E-state index in [9.17, 15) is 10.0 Å². The number of hydrogen-bond donors (Lipinski definition) is 3. The molecule has 0 saturated heterocycles. The Balaban J connectivity index is 1.76. The van der Waals surface area contributed by atoms with Gasteiger partial charge in [0, 0.05) is 17.6 Å². The Kier molecular flexibility index (Phi) is 5.20. The zero-order chi connectivity index (χ0) is 20.4. The van der Waals surface area contributed by atoms with Crippen molar-refractivity contribution in [2.24, 2.45) is 0 Å². The Labute approximate surface area is 168 Å². The van der Waals surface area contributed by atoms with Gasteiger partial charge in [-0.25, -0.2) is 4.98 Å². The molecule has 3 N–H and O–H groups in total. The Bertz CT molecular complexity index is 1150. The van der Waals surface area contributed by atoms with E-state index in [1.54, 1.807) is 25.4 Å². The van der Waals surface area contributed by atoms with Crippen molar-refractivity contribution in [3.63, 3.8) is 0 Å². The van der Waals surface area contributed by atoms with E-state index in [0.29, 0.717) is 29.5 Å². The van der Waals surface area contributed by atoms with Crippen LogP contribution in [0, 0.1) is 6.92 Å². The molecule has 0 saturated carbocycles. The van der Waals surface area contributed by atoms with Gasteiger partial charge in [-0.15, -0.1) is 0 Å². The van der Waals surface area contributed by atoms with Gasteiger partial charge in [0.2, 0.25) is 5.95 Å². The summed E-state index contributed by atoms with van der Waals surface area (Å²) in [4.78, 5) is 9.13. The van der Waals surface area contributed by atoms with Gasteiger partial charge in [0.15, 0.2) is 11.6 Å². The summed E-state index contributed by atoms with van der Waals surface area (Å²) in [5.74, 6) is 1.60. The largest absolute Gasteiger partial charge is 0.491 e. The monoisotopic (exact) mass is 388 g/mol. The van der Waals surface area contributed by atoms with Crippen LogP contribution in [0.15, 0.2) is 60.8 Å². The fourth-order valence-corrected chi connectivity index (χ4v) is 3.40. The molecule has 2 heterocycles. The van der Waals surface area contributed by atoms with E-state index >= 15 is 0 Å². The smallest absolute Gasteiger partial charge is 0.489 e. The van der Waals surface area contributed by atoms with E-state index in [1.165, 1.54) is 0 Å². The molecule has 8 heteroatoms. The first-order chi connectivity index (χ1) is 14.1. The molecule has 4 rings (SSSR count). The number of hydrogen-bond acceptors (Lipinski definition) is 6. The molecule has 0 bridgehead atoms. The van der Waals surface area contributed by atoms with Crippen molar-refractivity contribution < 1.29 is 14.8 Å². The highest BCUT2D eigenvalue weighted by molar-refractivity contribution is 6.61. The van der Waals surface area contributed by atoms with E-state index in [0.717, 1.165) is 22.2 Å². The summed E-state index contributed by atoms with van der Waals surface area (Å²) < 4.78 is 7.29. The summed E-state index contributed by atoms with van der Waals surface area (Å²) in [7, 11) is 0.0333. The second-order valence-electron chi connectivity index (χ2n) is 6.70. The third-order valence-electron chi connectivity index (χ3n) is 4.81. The minimum absolute atomic E-state index is 0.445. The molecule has 0 fully saturated rings. The fourth-order valence-electron chi connectivity index (χ4n) is 3.40. The molecule has 0 amide bonds. The summed E-state index contributed by atoms with van der Waals surface area (Å²) in [6.45, 7) is 2.53. The van der Waals surface area contributed by atoms with E-state index in [4.69, 9.17) is 4.74 Å². The molecule has 2 aromatic heterocycles. The number of methoxy groups -OCH3 is 1. The van der Waals surface area contributed by atoms with Gasteiger partial charge < -0.3 is 20.1 Å². The van der Waals surface area contributed by atoms with Crippen LogP contribution in [0.25, 0.3) is 16.9 Å².